The molecule has 0 saturated carbocycles. The highest BCUT2D eigenvalue weighted by molar-refractivity contribution is 7.99. The number of para-hydroxylation sites is 1. The molecule has 0 atom stereocenters. The van der Waals surface area contributed by atoms with Crippen LogP contribution in [-0.2, 0) is 4.79 Å². The molecule has 0 aliphatic carbocycles. The first-order valence-corrected chi connectivity index (χ1v) is 9.82. The number of nitrogens with one attached hydrogen (secondary N) is 1. The molecule has 6 nitrogen and oxygen atoms in total. The van der Waals surface area contributed by atoms with Gasteiger partial charge in [-0.3, -0.25) is 4.79 Å². The van der Waals surface area contributed by atoms with E-state index in [1.165, 1.54) is 11.8 Å². The molecule has 1 N–H and O–H groups in total. The predicted molar refractivity (Wildman–Crippen MR) is 105 cm³/mol. The second kappa shape index (κ2) is 7.27. The molecule has 4 rings (SSSR count). The molecule has 3 aromatic heterocycles. The van der Waals surface area contributed by atoms with E-state index in [9.17, 15) is 4.79 Å². The van der Waals surface area contributed by atoms with Crippen molar-refractivity contribution in [3.05, 3.63) is 59.5 Å². The summed E-state index contributed by atoms with van der Waals surface area (Å²) in [6.45, 7) is 1.96. The molecule has 0 fully saturated rings. The topological polar surface area (TPSA) is 72.2 Å². The highest BCUT2D eigenvalue weighted by Crippen LogP contribution is 2.24. The van der Waals surface area contributed by atoms with Crippen molar-refractivity contribution in [2.24, 2.45) is 0 Å². The second-order valence-corrected chi connectivity index (χ2v) is 7.49. The van der Waals surface area contributed by atoms with Crippen LogP contribution < -0.4 is 5.32 Å². The monoisotopic (exact) mass is 381 g/mol. The maximum atomic E-state index is 12.2. The van der Waals surface area contributed by atoms with Crippen molar-refractivity contribution in [3.8, 4) is 10.6 Å². The van der Waals surface area contributed by atoms with Gasteiger partial charge in [0.1, 0.15) is 5.69 Å². The number of anilines is 1. The van der Waals surface area contributed by atoms with Crippen molar-refractivity contribution in [2.45, 2.75) is 12.1 Å². The van der Waals surface area contributed by atoms with Gasteiger partial charge in [-0.15, -0.1) is 21.5 Å². The molecule has 26 heavy (non-hydrogen) atoms. The van der Waals surface area contributed by atoms with E-state index in [1.807, 2.05) is 60.8 Å². The van der Waals surface area contributed by atoms with E-state index >= 15 is 0 Å². The SMILES string of the molecule is Cc1ccccc1NC(=O)CSc1nnc2ccc(-c3cccs3)nn12. The van der Waals surface area contributed by atoms with Crippen molar-refractivity contribution in [1.82, 2.24) is 19.8 Å². The Labute approximate surface area is 158 Å². The minimum absolute atomic E-state index is 0.0875. The number of nitrogens with zero attached hydrogens (tertiary/aromatic N) is 4. The minimum atomic E-state index is -0.0875. The summed E-state index contributed by atoms with van der Waals surface area (Å²) < 4.78 is 1.68. The largest absolute Gasteiger partial charge is 0.325 e. The number of hydrogen-bond acceptors (Lipinski definition) is 6. The molecule has 0 spiro atoms. The fourth-order valence-corrected chi connectivity index (χ4v) is 3.82. The number of aromatic nitrogens is 4. The molecule has 0 aliphatic rings. The van der Waals surface area contributed by atoms with E-state index in [4.69, 9.17) is 0 Å². The number of thioether (sulfide) groups is 1. The molecular weight excluding hydrogens is 366 g/mol. The fraction of sp³-hybridized carbons (Fsp3) is 0.111. The van der Waals surface area contributed by atoms with Crippen molar-refractivity contribution in [3.63, 3.8) is 0 Å². The molecule has 0 aliphatic heterocycles. The molecule has 130 valence electrons. The molecule has 1 amide bonds. The summed E-state index contributed by atoms with van der Waals surface area (Å²) >= 11 is 2.94. The van der Waals surface area contributed by atoms with Gasteiger partial charge in [0, 0.05) is 5.69 Å². The zero-order valence-corrected chi connectivity index (χ0v) is 15.5. The number of fused-ring (bicyclic) bond motifs is 1. The van der Waals surface area contributed by atoms with Crippen LogP contribution in [0.4, 0.5) is 5.69 Å². The van der Waals surface area contributed by atoms with E-state index in [0.717, 1.165) is 21.8 Å². The number of benzene rings is 1. The number of carbonyl (C=O) groups is 1. The van der Waals surface area contributed by atoms with Crippen molar-refractivity contribution < 1.29 is 4.79 Å². The third-order valence-electron chi connectivity index (χ3n) is 3.76. The van der Waals surface area contributed by atoms with E-state index < -0.39 is 0 Å². The summed E-state index contributed by atoms with van der Waals surface area (Å²) in [5, 5.41) is 18.4. The van der Waals surface area contributed by atoms with E-state index in [-0.39, 0.29) is 11.7 Å². The number of thiophene rings is 1. The molecule has 4 aromatic rings. The number of carbonyl (C=O) groups excluding carboxylic acids is 1. The van der Waals surface area contributed by atoms with Crippen LogP contribution in [0.1, 0.15) is 5.56 Å². The lowest BCUT2D eigenvalue weighted by Gasteiger charge is -2.07. The van der Waals surface area contributed by atoms with Crippen LogP contribution in [0.5, 0.6) is 0 Å². The summed E-state index contributed by atoms with van der Waals surface area (Å²) in [6.07, 6.45) is 0. The normalized spacial score (nSPS) is 11.0. The van der Waals surface area contributed by atoms with Crippen LogP contribution in [0.15, 0.2) is 59.1 Å². The first kappa shape index (κ1) is 16.7. The standard InChI is InChI=1S/C18H15N5OS2/c1-12-5-2-3-6-13(12)19-17(24)11-26-18-21-20-16-9-8-14(22-23(16)18)15-7-4-10-25-15/h2-10H,11H2,1H3,(H,19,24). The highest BCUT2D eigenvalue weighted by atomic mass is 32.2. The second-order valence-electron chi connectivity index (χ2n) is 5.60. The van der Waals surface area contributed by atoms with Gasteiger partial charge in [0.25, 0.3) is 0 Å². The highest BCUT2D eigenvalue weighted by Gasteiger charge is 2.12. The van der Waals surface area contributed by atoms with Gasteiger partial charge in [-0.25, -0.2) is 0 Å². The maximum absolute atomic E-state index is 12.2. The molecule has 0 bridgehead atoms. The first-order valence-electron chi connectivity index (χ1n) is 7.95. The summed E-state index contributed by atoms with van der Waals surface area (Å²) in [7, 11) is 0. The van der Waals surface area contributed by atoms with Crippen molar-refractivity contribution in [1.29, 1.82) is 0 Å². The van der Waals surface area contributed by atoms with Crippen molar-refractivity contribution >= 4 is 40.3 Å². The van der Waals surface area contributed by atoms with Gasteiger partial charge in [0.2, 0.25) is 11.1 Å². The average molecular weight is 381 g/mol. The summed E-state index contributed by atoms with van der Waals surface area (Å²) in [4.78, 5) is 13.3. The Hall–Kier alpha value is -2.71. The van der Waals surface area contributed by atoms with Crippen LogP contribution in [0.25, 0.3) is 16.2 Å². The Morgan fingerprint density at radius 2 is 2.04 bits per heavy atom. The number of hydrogen-bond donors (Lipinski definition) is 1. The van der Waals surface area contributed by atoms with E-state index in [0.29, 0.717) is 10.8 Å². The Morgan fingerprint density at radius 3 is 2.85 bits per heavy atom. The molecule has 0 saturated heterocycles. The Morgan fingerprint density at radius 1 is 1.15 bits per heavy atom. The van der Waals surface area contributed by atoms with E-state index in [1.54, 1.807) is 15.9 Å². The summed E-state index contributed by atoms with van der Waals surface area (Å²) in [6, 6.07) is 15.5. The van der Waals surface area contributed by atoms with Gasteiger partial charge in [0.15, 0.2) is 5.65 Å². The van der Waals surface area contributed by atoms with Gasteiger partial charge < -0.3 is 5.32 Å². The van der Waals surface area contributed by atoms with Crippen LogP contribution >= 0.6 is 23.1 Å². The lowest BCUT2D eigenvalue weighted by molar-refractivity contribution is -0.113. The molecule has 8 heteroatoms. The zero-order valence-electron chi connectivity index (χ0n) is 13.9. The van der Waals surface area contributed by atoms with Gasteiger partial charge in [-0.2, -0.15) is 9.61 Å². The molecule has 0 unspecified atom stereocenters. The first-order chi connectivity index (χ1) is 12.7. The zero-order chi connectivity index (χ0) is 17.9. The molecule has 3 heterocycles. The maximum Gasteiger partial charge on any atom is 0.234 e. The quantitative estimate of drug-likeness (QED) is 0.531. The number of amides is 1. The lowest BCUT2D eigenvalue weighted by atomic mass is 10.2. The summed E-state index contributed by atoms with van der Waals surface area (Å²) in [5.41, 5.74) is 3.37. The Bertz CT molecular complexity index is 1060. The van der Waals surface area contributed by atoms with Gasteiger partial charge in [0.05, 0.1) is 10.6 Å². The fourth-order valence-electron chi connectivity index (χ4n) is 2.44. The lowest BCUT2D eigenvalue weighted by Crippen LogP contribution is -2.15. The number of rotatable bonds is 5. The minimum Gasteiger partial charge on any atom is -0.325 e. The van der Waals surface area contributed by atoms with Crippen LogP contribution in [0, 0.1) is 6.92 Å². The van der Waals surface area contributed by atoms with Crippen molar-refractivity contribution in [2.75, 3.05) is 11.1 Å². The predicted octanol–water partition coefficient (Wildman–Crippen LogP) is 3.89. The smallest absolute Gasteiger partial charge is 0.234 e. The average Bonchev–Trinajstić information content (AvgIpc) is 3.31. The van der Waals surface area contributed by atoms with Crippen LogP contribution in [0.3, 0.4) is 0 Å². The Balaban J connectivity index is 1.49. The number of aryl methyl sites for hydroxylation is 1. The molecular formula is C18H15N5OS2. The Kier molecular flexibility index (Phi) is 4.68. The van der Waals surface area contributed by atoms with E-state index in [2.05, 4.69) is 20.6 Å². The third kappa shape index (κ3) is 3.47. The van der Waals surface area contributed by atoms with Gasteiger partial charge >= 0.3 is 0 Å². The van der Waals surface area contributed by atoms with Gasteiger partial charge in [-0.05, 0) is 42.1 Å². The molecule has 0 radical (unpaired) electrons. The van der Waals surface area contributed by atoms with Crippen LogP contribution in [0.2, 0.25) is 0 Å². The van der Waals surface area contributed by atoms with Crippen LogP contribution in [-0.4, -0.2) is 31.5 Å². The van der Waals surface area contributed by atoms with Gasteiger partial charge in [-0.1, -0.05) is 36.0 Å². The molecule has 1 aromatic carbocycles. The third-order valence-corrected chi connectivity index (χ3v) is 5.57. The summed E-state index contributed by atoms with van der Waals surface area (Å²) in [5.74, 6) is 0.149.